The highest BCUT2D eigenvalue weighted by Crippen LogP contribution is 2.35. The van der Waals surface area contributed by atoms with Gasteiger partial charge in [-0.2, -0.15) is 0 Å². The Kier molecular flexibility index (Phi) is 7.05. The Morgan fingerprint density at radius 2 is 1.81 bits per heavy atom. The average molecular weight is 485 g/mol. The molecule has 3 aromatic rings. The molecule has 1 fully saturated rings. The number of benzene rings is 3. The number of hydrogen-bond acceptors (Lipinski definition) is 5. The Morgan fingerprint density at radius 1 is 1.00 bits per heavy atom. The van der Waals surface area contributed by atoms with Crippen LogP contribution in [0.15, 0.2) is 76.6 Å². The minimum absolute atomic E-state index is 0.237. The largest absolute Gasteiger partial charge is 0.494 e. The van der Waals surface area contributed by atoms with E-state index < -0.39 is 0 Å². The van der Waals surface area contributed by atoms with Gasteiger partial charge in [0.1, 0.15) is 23.8 Å². The number of ether oxygens (including phenoxy) is 2. The second-order valence-corrected chi connectivity index (χ2v) is 8.66. The maximum absolute atomic E-state index is 12.5. The lowest BCUT2D eigenvalue weighted by Gasteiger charge is -2.10. The fraction of sp³-hybridized carbons (Fsp3) is 0.0833. The molecule has 0 saturated carbocycles. The number of thioether (sulfide) groups is 1. The van der Waals surface area contributed by atoms with E-state index in [9.17, 15) is 4.79 Å². The number of halogens is 2. The predicted octanol–water partition coefficient (Wildman–Crippen LogP) is 6.47. The number of rotatable bonds is 6. The van der Waals surface area contributed by atoms with Gasteiger partial charge >= 0.3 is 0 Å². The Balaban J connectivity index is 1.55. The molecule has 0 spiro atoms. The monoisotopic (exact) mass is 484 g/mol. The molecule has 0 aromatic heterocycles. The number of hydrogen-bond donors (Lipinski definition) is 1. The van der Waals surface area contributed by atoms with Gasteiger partial charge in [-0.05, 0) is 59.8 Å². The van der Waals surface area contributed by atoms with Crippen LogP contribution in [0.1, 0.15) is 11.1 Å². The summed E-state index contributed by atoms with van der Waals surface area (Å²) in [6, 6.07) is 20.2. The predicted molar refractivity (Wildman–Crippen MR) is 131 cm³/mol. The molecule has 3 aromatic carbocycles. The van der Waals surface area contributed by atoms with Crippen molar-refractivity contribution in [2.45, 2.75) is 6.61 Å². The number of carbonyl (C=O) groups is 1. The molecule has 1 aliphatic rings. The highest BCUT2D eigenvalue weighted by atomic mass is 35.5. The zero-order valence-electron chi connectivity index (χ0n) is 17.0. The Hall–Kier alpha value is -2.93. The lowest BCUT2D eigenvalue weighted by molar-refractivity contribution is -0.115. The second-order valence-electron chi connectivity index (χ2n) is 6.75. The number of amidine groups is 1. The summed E-state index contributed by atoms with van der Waals surface area (Å²) in [6.45, 7) is 0.362. The van der Waals surface area contributed by atoms with Crippen molar-refractivity contribution in [3.8, 4) is 11.5 Å². The SMILES string of the molecule is COc1ccc(Cl)cc1N=C1NC(=O)/C(=C/c2ccccc2OCc2cccc(Cl)c2)S1. The highest BCUT2D eigenvalue weighted by molar-refractivity contribution is 8.18. The smallest absolute Gasteiger partial charge is 0.264 e. The van der Waals surface area contributed by atoms with Crippen molar-refractivity contribution in [2.75, 3.05) is 7.11 Å². The maximum Gasteiger partial charge on any atom is 0.264 e. The van der Waals surface area contributed by atoms with Crippen LogP contribution in [-0.2, 0) is 11.4 Å². The van der Waals surface area contributed by atoms with Gasteiger partial charge in [-0.15, -0.1) is 0 Å². The molecule has 162 valence electrons. The molecule has 4 rings (SSSR count). The van der Waals surface area contributed by atoms with Crippen molar-refractivity contribution in [3.63, 3.8) is 0 Å². The highest BCUT2D eigenvalue weighted by Gasteiger charge is 2.24. The second kappa shape index (κ2) is 10.1. The first-order valence-corrected chi connectivity index (χ1v) is 11.2. The summed E-state index contributed by atoms with van der Waals surface area (Å²) in [5.74, 6) is 0.989. The van der Waals surface area contributed by atoms with Gasteiger partial charge in [-0.1, -0.05) is 53.5 Å². The fourth-order valence-corrected chi connectivity index (χ4v) is 4.21. The molecule has 1 saturated heterocycles. The third kappa shape index (κ3) is 5.46. The van der Waals surface area contributed by atoms with E-state index in [2.05, 4.69) is 10.3 Å². The Morgan fingerprint density at radius 3 is 2.62 bits per heavy atom. The van der Waals surface area contributed by atoms with Crippen molar-refractivity contribution >= 4 is 57.8 Å². The Bertz CT molecular complexity index is 1230. The Labute approximate surface area is 200 Å². The maximum atomic E-state index is 12.5. The van der Waals surface area contributed by atoms with E-state index in [-0.39, 0.29) is 5.91 Å². The fourth-order valence-electron chi connectivity index (χ4n) is 3.00. The first kappa shape index (κ1) is 22.3. The number of nitrogens with zero attached hydrogens (tertiary/aromatic N) is 1. The lowest BCUT2D eigenvalue weighted by Crippen LogP contribution is -2.19. The number of methoxy groups -OCH3 is 1. The van der Waals surface area contributed by atoms with Crippen LogP contribution in [0.2, 0.25) is 10.0 Å². The molecule has 5 nitrogen and oxygen atoms in total. The molecule has 1 heterocycles. The van der Waals surface area contributed by atoms with E-state index in [0.29, 0.717) is 43.9 Å². The van der Waals surface area contributed by atoms with Gasteiger partial charge in [-0.25, -0.2) is 4.99 Å². The summed E-state index contributed by atoms with van der Waals surface area (Å²) in [6.07, 6.45) is 1.78. The molecular formula is C24H18Cl2N2O3S. The van der Waals surface area contributed by atoms with Gasteiger partial charge in [0.25, 0.3) is 5.91 Å². The van der Waals surface area contributed by atoms with Crippen molar-refractivity contribution in [3.05, 3.63) is 92.8 Å². The summed E-state index contributed by atoms with van der Waals surface area (Å²) in [7, 11) is 1.55. The topological polar surface area (TPSA) is 59.9 Å². The number of amides is 1. The van der Waals surface area contributed by atoms with Gasteiger partial charge < -0.3 is 14.8 Å². The quantitative estimate of drug-likeness (QED) is 0.407. The lowest BCUT2D eigenvalue weighted by atomic mass is 10.2. The molecule has 32 heavy (non-hydrogen) atoms. The van der Waals surface area contributed by atoms with Gasteiger partial charge in [0.2, 0.25) is 0 Å². The number of carbonyl (C=O) groups excluding carboxylic acids is 1. The third-order valence-corrected chi connectivity index (χ3v) is 5.88. The van der Waals surface area contributed by atoms with Crippen molar-refractivity contribution in [1.82, 2.24) is 5.32 Å². The number of aliphatic imine (C=N–C) groups is 1. The molecule has 0 radical (unpaired) electrons. The van der Waals surface area contributed by atoms with Crippen LogP contribution in [0.4, 0.5) is 5.69 Å². The van der Waals surface area contributed by atoms with Crippen molar-refractivity contribution < 1.29 is 14.3 Å². The van der Waals surface area contributed by atoms with E-state index >= 15 is 0 Å². The van der Waals surface area contributed by atoms with Crippen LogP contribution in [0, 0.1) is 0 Å². The van der Waals surface area contributed by atoms with Crippen molar-refractivity contribution in [1.29, 1.82) is 0 Å². The first-order chi connectivity index (χ1) is 15.5. The van der Waals surface area contributed by atoms with Crippen LogP contribution in [-0.4, -0.2) is 18.2 Å². The van der Waals surface area contributed by atoms with E-state index in [1.807, 2.05) is 48.5 Å². The summed E-state index contributed by atoms with van der Waals surface area (Å²) < 4.78 is 11.3. The molecule has 8 heteroatoms. The van der Waals surface area contributed by atoms with Crippen LogP contribution in [0.5, 0.6) is 11.5 Å². The molecule has 1 N–H and O–H groups in total. The van der Waals surface area contributed by atoms with E-state index in [1.54, 1.807) is 31.4 Å². The zero-order chi connectivity index (χ0) is 22.5. The molecule has 0 unspecified atom stereocenters. The van der Waals surface area contributed by atoms with Crippen molar-refractivity contribution in [2.24, 2.45) is 4.99 Å². The minimum Gasteiger partial charge on any atom is -0.494 e. The van der Waals surface area contributed by atoms with Crippen LogP contribution < -0.4 is 14.8 Å². The standard InChI is InChI=1S/C24H18Cl2N2O3S/c1-30-21-10-9-18(26)13-19(21)27-24-28-23(29)22(32-24)12-16-6-2-3-8-20(16)31-14-15-5-4-7-17(25)11-15/h2-13H,14H2,1H3,(H,27,28,29)/b22-12-. The minimum atomic E-state index is -0.237. The summed E-state index contributed by atoms with van der Waals surface area (Å²) in [4.78, 5) is 17.5. The average Bonchev–Trinajstić information content (AvgIpc) is 3.12. The van der Waals surface area contributed by atoms with Crippen LogP contribution >= 0.6 is 35.0 Å². The van der Waals surface area contributed by atoms with Gasteiger partial charge in [0, 0.05) is 15.6 Å². The molecule has 0 aliphatic carbocycles. The van der Waals surface area contributed by atoms with Gasteiger partial charge in [0.15, 0.2) is 5.17 Å². The normalized spacial score (nSPS) is 15.8. The van der Waals surface area contributed by atoms with Gasteiger partial charge in [0.05, 0.1) is 12.0 Å². The number of nitrogens with one attached hydrogen (secondary N) is 1. The summed E-state index contributed by atoms with van der Waals surface area (Å²) in [5.41, 5.74) is 2.28. The van der Waals surface area contributed by atoms with Crippen LogP contribution in [0.3, 0.4) is 0 Å². The van der Waals surface area contributed by atoms with E-state index in [4.69, 9.17) is 32.7 Å². The van der Waals surface area contributed by atoms with Gasteiger partial charge in [-0.3, -0.25) is 4.79 Å². The molecule has 1 amide bonds. The molecule has 0 bridgehead atoms. The summed E-state index contributed by atoms with van der Waals surface area (Å²) in [5, 5.41) is 4.41. The summed E-state index contributed by atoms with van der Waals surface area (Å²) >= 11 is 13.4. The first-order valence-electron chi connectivity index (χ1n) is 9.61. The number of para-hydroxylation sites is 1. The van der Waals surface area contributed by atoms with E-state index in [0.717, 1.165) is 11.1 Å². The molecule has 1 aliphatic heterocycles. The van der Waals surface area contributed by atoms with Crippen LogP contribution in [0.25, 0.3) is 6.08 Å². The molecule has 0 atom stereocenters. The zero-order valence-corrected chi connectivity index (χ0v) is 19.3. The van der Waals surface area contributed by atoms with E-state index in [1.165, 1.54) is 11.8 Å². The molecular weight excluding hydrogens is 467 g/mol. The third-order valence-electron chi connectivity index (χ3n) is 4.50.